The maximum Gasteiger partial charge on any atom is 0.263 e. The number of thiazole rings is 1. The molecule has 0 bridgehead atoms. The molecule has 1 N–H and O–H groups in total. The molecule has 0 radical (unpaired) electrons. The van der Waals surface area contributed by atoms with E-state index >= 15 is 0 Å². The molecule has 1 heterocycles. The van der Waals surface area contributed by atoms with Gasteiger partial charge in [0.2, 0.25) is 0 Å². The molecule has 0 unspecified atom stereocenters. The predicted molar refractivity (Wildman–Crippen MR) is 87.8 cm³/mol. The van der Waals surface area contributed by atoms with Gasteiger partial charge in [-0.3, -0.25) is 4.79 Å². The first-order valence-electron chi connectivity index (χ1n) is 7.37. The predicted octanol–water partition coefficient (Wildman–Crippen LogP) is 4.52. The Balaban J connectivity index is 2.25. The number of nitrogens with zero attached hydrogens (tertiary/aromatic N) is 1. The summed E-state index contributed by atoms with van der Waals surface area (Å²) in [5.74, 6) is -1.85. The van der Waals surface area contributed by atoms with Gasteiger partial charge in [0.05, 0.1) is 16.2 Å². The molecule has 0 aliphatic rings. The van der Waals surface area contributed by atoms with Crippen LogP contribution in [0.4, 0.5) is 8.78 Å². The number of benzene rings is 1. The number of halogens is 2. The van der Waals surface area contributed by atoms with Crippen molar-refractivity contribution in [2.75, 3.05) is 0 Å². The molecule has 0 aliphatic carbocycles. The summed E-state index contributed by atoms with van der Waals surface area (Å²) in [6.07, 6.45) is 0. The van der Waals surface area contributed by atoms with Gasteiger partial charge >= 0.3 is 0 Å². The molecule has 6 heteroatoms. The molecule has 23 heavy (non-hydrogen) atoms. The zero-order valence-electron chi connectivity index (χ0n) is 13.8. The number of carbonyl (C=O) groups is 1. The molecular weight excluding hydrogens is 318 g/mol. The second kappa shape index (κ2) is 6.35. The third-order valence-corrected chi connectivity index (χ3v) is 5.04. The highest BCUT2D eigenvalue weighted by Gasteiger charge is 2.27. The van der Waals surface area contributed by atoms with Crippen molar-refractivity contribution in [2.24, 2.45) is 0 Å². The summed E-state index contributed by atoms with van der Waals surface area (Å²) in [4.78, 5) is 17.5. The van der Waals surface area contributed by atoms with E-state index in [1.54, 1.807) is 20.8 Å². The maximum atomic E-state index is 13.4. The van der Waals surface area contributed by atoms with Crippen molar-refractivity contribution in [1.29, 1.82) is 0 Å². The molecule has 0 saturated carbocycles. The van der Waals surface area contributed by atoms with E-state index in [0.29, 0.717) is 16.1 Å². The lowest BCUT2D eigenvalue weighted by Gasteiger charge is -2.26. The number of carbonyl (C=O) groups excluding carboxylic acids is 1. The minimum Gasteiger partial charge on any atom is -0.342 e. The van der Waals surface area contributed by atoms with Gasteiger partial charge in [0.25, 0.3) is 5.91 Å². The van der Waals surface area contributed by atoms with Gasteiger partial charge < -0.3 is 5.32 Å². The van der Waals surface area contributed by atoms with E-state index in [1.807, 2.05) is 13.8 Å². The highest BCUT2D eigenvalue weighted by molar-refractivity contribution is 7.13. The highest BCUT2D eigenvalue weighted by atomic mass is 32.1. The second-order valence-corrected chi connectivity index (χ2v) is 7.36. The molecular formula is C17H20F2N2OS. The minimum absolute atomic E-state index is 0.249. The Morgan fingerprint density at radius 2 is 1.91 bits per heavy atom. The van der Waals surface area contributed by atoms with Crippen LogP contribution in [0, 0.1) is 18.6 Å². The first-order valence-corrected chi connectivity index (χ1v) is 8.19. The summed E-state index contributed by atoms with van der Waals surface area (Å²) in [7, 11) is 0. The molecule has 0 atom stereocenters. The van der Waals surface area contributed by atoms with E-state index in [0.717, 1.165) is 17.1 Å². The molecule has 124 valence electrons. The number of amides is 1. The van der Waals surface area contributed by atoms with Crippen molar-refractivity contribution in [2.45, 2.75) is 46.1 Å². The quantitative estimate of drug-likeness (QED) is 0.891. The van der Waals surface area contributed by atoms with Gasteiger partial charge in [0.1, 0.15) is 4.88 Å². The molecule has 2 aromatic rings. The summed E-state index contributed by atoms with van der Waals surface area (Å²) >= 11 is 1.36. The van der Waals surface area contributed by atoms with Crippen LogP contribution in [0.25, 0.3) is 0 Å². The lowest BCUT2D eigenvalue weighted by atomic mass is 9.94. The molecule has 0 aliphatic heterocycles. The van der Waals surface area contributed by atoms with Gasteiger partial charge in [0.15, 0.2) is 11.6 Å². The lowest BCUT2D eigenvalue weighted by Crippen LogP contribution is -2.41. The van der Waals surface area contributed by atoms with Crippen molar-refractivity contribution >= 4 is 17.2 Å². The topological polar surface area (TPSA) is 42.0 Å². The van der Waals surface area contributed by atoms with Crippen molar-refractivity contribution in [3.63, 3.8) is 0 Å². The lowest BCUT2D eigenvalue weighted by molar-refractivity contribution is 0.0915. The van der Waals surface area contributed by atoms with E-state index in [9.17, 15) is 13.6 Å². The fraction of sp³-hybridized carbons (Fsp3) is 0.412. The van der Waals surface area contributed by atoms with Crippen molar-refractivity contribution < 1.29 is 13.6 Å². The van der Waals surface area contributed by atoms with Crippen LogP contribution in [-0.4, -0.2) is 10.9 Å². The summed E-state index contributed by atoms with van der Waals surface area (Å²) in [5.41, 5.74) is 0.341. The third kappa shape index (κ3) is 3.75. The Morgan fingerprint density at radius 1 is 1.26 bits per heavy atom. The Bertz CT molecular complexity index is 738. The van der Waals surface area contributed by atoms with E-state index < -0.39 is 17.2 Å². The smallest absolute Gasteiger partial charge is 0.263 e. The van der Waals surface area contributed by atoms with E-state index in [1.165, 1.54) is 17.4 Å². The Hall–Kier alpha value is -1.82. The highest BCUT2D eigenvalue weighted by Crippen LogP contribution is 2.27. The number of aryl methyl sites for hydroxylation is 1. The SMILES string of the molecule is Cc1nc(C(C)C)sc1C(=O)NC(C)(C)c1ccc(F)c(F)c1. The van der Waals surface area contributed by atoms with Crippen LogP contribution < -0.4 is 5.32 Å². The van der Waals surface area contributed by atoms with Gasteiger partial charge in [-0.15, -0.1) is 11.3 Å². The summed E-state index contributed by atoms with van der Waals surface area (Å²) in [5, 5.41) is 3.77. The number of nitrogens with one attached hydrogen (secondary N) is 1. The Morgan fingerprint density at radius 3 is 2.43 bits per heavy atom. The standard InChI is InChI=1S/C17H20F2N2OS/c1-9(2)16-20-10(3)14(23-16)15(22)21-17(4,5)11-6-7-12(18)13(19)8-11/h6-9H,1-5H3,(H,21,22). The number of hydrogen-bond donors (Lipinski definition) is 1. The first-order chi connectivity index (χ1) is 10.6. The van der Waals surface area contributed by atoms with Crippen LogP contribution >= 0.6 is 11.3 Å². The number of rotatable bonds is 4. The van der Waals surface area contributed by atoms with Gasteiger partial charge in [-0.2, -0.15) is 0 Å². The monoisotopic (exact) mass is 338 g/mol. The van der Waals surface area contributed by atoms with Crippen molar-refractivity contribution in [3.8, 4) is 0 Å². The van der Waals surface area contributed by atoms with Crippen molar-refractivity contribution in [1.82, 2.24) is 10.3 Å². The van der Waals surface area contributed by atoms with Crippen LogP contribution in [-0.2, 0) is 5.54 Å². The van der Waals surface area contributed by atoms with Crippen LogP contribution in [0.3, 0.4) is 0 Å². The maximum absolute atomic E-state index is 13.4. The van der Waals surface area contributed by atoms with Crippen LogP contribution in [0.5, 0.6) is 0 Å². The average Bonchev–Trinajstić information content (AvgIpc) is 2.83. The average molecular weight is 338 g/mol. The van der Waals surface area contributed by atoms with Crippen LogP contribution in [0.15, 0.2) is 18.2 Å². The Kier molecular flexibility index (Phi) is 4.84. The summed E-state index contributed by atoms with van der Waals surface area (Å²) in [6.45, 7) is 9.33. The normalized spacial score (nSPS) is 11.8. The molecule has 1 amide bonds. The molecule has 1 aromatic heterocycles. The summed E-state index contributed by atoms with van der Waals surface area (Å²) in [6, 6.07) is 3.64. The van der Waals surface area contributed by atoms with E-state index in [-0.39, 0.29) is 11.8 Å². The first kappa shape index (κ1) is 17.5. The zero-order chi connectivity index (χ0) is 17.4. The molecule has 0 fully saturated rings. The molecule has 2 rings (SSSR count). The van der Waals surface area contributed by atoms with Crippen LogP contribution in [0.1, 0.15) is 59.5 Å². The largest absolute Gasteiger partial charge is 0.342 e. The second-order valence-electron chi connectivity index (χ2n) is 6.33. The van der Waals surface area contributed by atoms with E-state index in [2.05, 4.69) is 10.3 Å². The van der Waals surface area contributed by atoms with Gasteiger partial charge in [-0.05, 0) is 38.5 Å². The third-order valence-electron chi connectivity index (χ3n) is 3.58. The molecule has 1 aromatic carbocycles. The van der Waals surface area contributed by atoms with E-state index in [4.69, 9.17) is 0 Å². The van der Waals surface area contributed by atoms with Gasteiger partial charge in [0, 0.05) is 5.92 Å². The number of hydrogen-bond acceptors (Lipinski definition) is 3. The fourth-order valence-electron chi connectivity index (χ4n) is 2.17. The van der Waals surface area contributed by atoms with Gasteiger partial charge in [-0.25, -0.2) is 13.8 Å². The van der Waals surface area contributed by atoms with Crippen LogP contribution in [0.2, 0.25) is 0 Å². The van der Waals surface area contributed by atoms with Gasteiger partial charge in [-0.1, -0.05) is 19.9 Å². The number of aromatic nitrogens is 1. The zero-order valence-corrected chi connectivity index (χ0v) is 14.6. The van der Waals surface area contributed by atoms with Crippen molar-refractivity contribution in [3.05, 3.63) is 51.0 Å². The molecule has 0 spiro atoms. The summed E-state index contributed by atoms with van der Waals surface area (Å²) < 4.78 is 26.5. The fourth-order valence-corrected chi connectivity index (χ4v) is 3.14. The minimum atomic E-state index is -0.930. The molecule has 0 saturated heterocycles. The molecule has 3 nitrogen and oxygen atoms in total. The Labute approximate surface area is 138 Å².